The van der Waals surface area contributed by atoms with Crippen LogP contribution in [0.25, 0.3) is 0 Å². The van der Waals surface area contributed by atoms with Crippen LogP contribution in [0, 0.1) is 12.7 Å². The number of hydrogen-bond acceptors (Lipinski definition) is 2. The van der Waals surface area contributed by atoms with Gasteiger partial charge in [0, 0.05) is 24.3 Å². The maximum Gasteiger partial charge on any atom is 0.258 e. The van der Waals surface area contributed by atoms with Crippen molar-refractivity contribution in [2.45, 2.75) is 26.8 Å². The summed E-state index contributed by atoms with van der Waals surface area (Å²) in [5.74, 6) is -1.25. The second-order valence-electron chi connectivity index (χ2n) is 5.97. The lowest BCUT2D eigenvalue weighted by Crippen LogP contribution is -2.33. The zero-order valence-electron chi connectivity index (χ0n) is 14.3. The number of nitrogens with zero attached hydrogens (tertiary/aromatic N) is 1. The lowest BCUT2D eigenvalue weighted by Gasteiger charge is -2.22. The average molecular weight is 328 g/mol. The molecule has 2 aromatic carbocycles. The van der Waals surface area contributed by atoms with Crippen molar-refractivity contribution < 1.29 is 14.0 Å². The topological polar surface area (TPSA) is 49.4 Å². The van der Waals surface area contributed by atoms with E-state index in [1.807, 2.05) is 20.8 Å². The van der Waals surface area contributed by atoms with Crippen LogP contribution < -0.4 is 5.32 Å². The third-order valence-corrected chi connectivity index (χ3v) is 3.94. The summed E-state index contributed by atoms with van der Waals surface area (Å²) >= 11 is 0. The molecule has 0 saturated heterocycles. The Kier molecular flexibility index (Phi) is 5.34. The van der Waals surface area contributed by atoms with Crippen LogP contribution in [0.2, 0.25) is 0 Å². The Morgan fingerprint density at radius 3 is 2.38 bits per heavy atom. The summed E-state index contributed by atoms with van der Waals surface area (Å²) in [4.78, 5) is 26.3. The van der Waals surface area contributed by atoms with Crippen LogP contribution in [0.1, 0.15) is 40.1 Å². The number of halogens is 1. The number of hydrogen-bond donors (Lipinski definition) is 1. The summed E-state index contributed by atoms with van der Waals surface area (Å²) in [5.41, 5.74) is 1.74. The highest BCUT2D eigenvalue weighted by molar-refractivity contribution is 6.05. The van der Waals surface area contributed by atoms with Gasteiger partial charge in [0.2, 0.25) is 0 Å². The van der Waals surface area contributed by atoms with Crippen LogP contribution in [0.3, 0.4) is 0 Å². The van der Waals surface area contributed by atoms with Crippen molar-refractivity contribution in [1.29, 1.82) is 0 Å². The smallest absolute Gasteiger partial charge is 0.258 e. The molecule has 0 radical (unpaired) electrons. The standard InChI is InChI=1S/C19H21FN2O2/c1-12(2)22(4)19(24)16-11-14(10-9-13(16)3)21-18(23)15-7-5-6-8-17(15)20/h5-12H,1-4H3,(H,21,23). The summed E-state index contributed by atoms with van der Waals surface area (Å²) in [7, 11) is 1.73. The molecule has 0 aliphatic rings. The minimum Gasteiger partial charge on any atom is -0.339 e. The molecule has 24 heavy (non-hydrogen) atoms. The van der Waals surface area contributed by atoms with Crippen LogP contribution in [0.5, 0.6) is 0 Å². The zero-order valence-corrected chi connectivity index (χ0v) is 14.3. The minimum absolute atomic E-state index is 0.0368. The third kappa shape index (κ3) is 3.79. The van der Waals surface area contributed by atoms with Crippen LogP contribution in [-0.4, -0.2) is 29.8 Å². The molecule has 0 saturated carbocycles. The van der Waals surface area contributed by atoms with Gasteiger partial charge in [-0.25, -0.2) is 4.39 Å². The lowest BCUT2D eigenvalue weighted by atomic mass is 10.1. The molecule has 2 amide bonds. The molecule has 0 atom stereocenters. The molecule has 0 bridgehead atoms. The molecule has 126 valence electrons. The fourth-order valence-corrected chi connectivity index (χ4v) is 2.20. The maximum atomic E-state index is 13.7. The molecule has 2 aromatic rings. The van der Waals surface area contributed by atoms with Gasteiger partial charge in [0.05, 0.1) is 5.56 Å². The molecule has 0 aromatic heterocycles. The molecular formula is C19H21FN2O2. The van der Waals surface area contributed by atoms with Crippen molar-refractivity contribution in [2.75, 3.05) is 12.4 Å². The first-order valence-corrected chi connectivity index (χ1v) is 7.75. The van der Waals surface area contributed by atoms with E-state index in [0.29, 0.717) is 11.3 Å². The van der Waals surface area contributed by atoms with Crippen molar-refractivity contribution in [3.8, 4) is 0 Å². The van der Waals surface area contributed by atoms with Crippen LogP contribution in [0.4, 0.5) is 10.1 Å². The molecule has 0 fully saturated rings. The van der Waals surface area contributed by atoms with Gasteiger partial charge in [-0.2, -0.15) is 0 Å². The second-order valence-corrected chi connectivity index (χ2v) is 5.97. The molecular weight excluding hydrogens is 307 g/mol. The van der Waals surface area contributed by atoms with Crippen molar-refractivity contribution in [2.24, 2.45) is 0 Å². The normalized spacial score (nSPS) is 10.6. The molecule has 1 N–H and O–H groups in total. The Morgan fingerprint density at radius 2 is 1.75 bits per heavy atom. The van der Waals surface area contributed by atoms with Crippen molar-refractivity contribution in [3.05, 3.63) is 65.0 Å². The van der Waals surface area contributed by atoms with Gasteiger partial charge in [0.25, 0.3) is 11.8 Å². The molecule has 5 heteroatoms. The van der Waals surface area contributed by atoms with E-state index in [-0.39, 0.29) is 17.5 Å². The summed E-state index contributed by atoms with van der Waals surface area (Å²) in [5, 5.41) is 2.64. The molecule has 2 rings (SSSR count). The SMILES string of the molecule is Cc1ccc(NC(=O)c2ccccc2F)cc1C(=O)N(C)C(C)C. The second kappa shape index (κ2) is 7.25. The number of amides is 2. The highest BCUT2D eigenvalue weighted by Gasteiger charge is 2.18. The number of benzene rings is 2. The summed E-state index contributed by atoms with van der Waals surface area (Å²) in [6, 6.07) is 10.9. The first-order valence-electron chi connectivity index (χ1n) is 7.75. The van der Waals surface area contributed by atoms with E-state index in [1.54, 1.807) is 36.2 Å². The largest absolute Gasteiger partial charge is 0.339 e. The van der Waals surface area contributed by atoms with Crippen LogP contribution >= 0.6 is 0 Å². The Bertz CT molecular complexity index is 772. The van der Waals surface area contributed by atoms with E-state index in [0.717, 1.165) is 5.56 Å². The van der Waals surface area contributed by atoms with Gasteiger partial charge >= 0.3 is 0 Å². The van der Waals surface area contributed by atoms with Gasteiger partial charge < -0.3 is 10.2 Å². The Morgan fingerprint density at radius 1 is 1.08 bits per heavy atom. The molecule has 0 unspecified atom stereocenters. The van der Waals surface area contributed by atoms with Crippen molar-refractivity contribution >= 4 is 17.5 Å². The van der Waals surface area contributed by atoms with Gasteiger partial charge in [0.15, 0.2) is 0 Å². The molecule has 0 heterocycles. The molecule has 0 spiro atoms. The van der Waals surface area contributed by atoms with E-state index >= 15 is 0 Å². The van der Waals surface area contributed by atoms with Crippen LogP contribution in [0.15, 0.2) is 42.5 Å². The van der Waals surface area contributed by atoms with Gasteiger partial charge in [-0.1, -0.05) is 18.2 Å². The number of rotatable bonds is 4. The highest BCUT2D eigenvalue weighted by Crippen LogP contribution is 2.19. The van der Waals surface area contributed by atoms with Gasteiger partial charge in [0.1, 0.15) is 5.82 Å². The van der Waals surface area contributed by atoms with Crippen molar-refractivity contribution in [3.63, 3.8) is 0 Å². The fraction of sp³-hybridized carbons (Fsp3) is 0.263. The summed E-state index contributed by atoms with van der Waals surface area (Å²) < 4.78 is 13.7. The average Bonchev–Trinajstić information content (AvgIpc) is 2.55. The zero-order chi connectivity index (χ0) is 17.9. The Hall–Kier alpha value is -2.69. The first-order chi connectivity index (χ1) is 11.3. The van der Waals surface area contributed by atoms with Crippen molar-refractivity contribution in [1.82, 2.24) is 4.90 Å². The molecule has 0 aliphatic heterocycles. The Balaban J connectivity index is 2.27. The van der Waals surface area contributed by atoms with E-state index in [1.165, 1.54) is 18.2 Å². The third-order valence-electron chi connectivity index (χ3n) is 3.94. The number of aryl methyl sites for hydroxylation is 1. The molecule has 4 nitrogen and oxygen atoms in total. The van der Waals surface area contributed by atoms with E-state index in [4.69, 9.17) is 0 Å². The predicted octanol–water partition coefficient (Wildman–Crippen LogP) is 3.87. The maximum absolute atomic E-state index is 13.7. The van der Waals surface area contributed by atoms with E-state index in [2.05, 4.69) is 5.32 Å². The quantitative estimate of drug-likeness (QED) is 0.926. The van der Waals surface area contributed by atoms with Gasteiger partial charge in [-0.3, -0.25) is 9.59 Å². The van der Waals surface area contributed by atoms with E-state index < -0.39 is 11.7 Å². The summed E-state index contributed by atoms with van der Waals surface area (Å²) in [6.45, 7) is 5.69. The summed E-state index contributed by atoms with van der Waals surface area (Å²) in [6.07, 6.45) is 0. The number of anilines is 1. The lowest BCUT2D eigenvalue weighted by molar-refractivity contribution is 0.0754. The number of carbonyl (C=O) groups is 2. The first kappa shape index (κ1) is 17.7. The highest BCUT2D eigenvalue weighted by atomic mass is 19.1. The predicted molar refractivity (Wildman–Crippen MR) is 92.8 cm³/mol. The monoisotopic (exact) mass is 328 g/mol. The van der Waals surface area contributed by atoms with E-state index in [9.17, 15) is 14.0 Å². The number of nitrogens with one attached hydrogen (secondary N) is 1. The van der Waals surface area contributed by atoms with Gasteiger partial charge in [-0.05, 0) is 50.6 Å². The van der Waals surface area contributed by atoms with Crippen LogP contribution in [-0.2, 0) is 0 Å². The Labute approximate surface area is 141 Å². The van der Waals surface area contributed by atoms with Gasteiger partial charge in [-0.15, -0.1) is 0 Å². The fourth-order valence-electron chi connectivity index (χ4n) is 2.20. The minimum atomic E-state index is -0.585. The molecule has 0 aliphatic carbocycles. The number of carbonyl (C=O) groups excluding carboxylic acids is 2.